The Bertz CT molecular complexity index is 292. The molecule has 1 aromatic rings. The van der Waals surface area contributed by atoms with Crippen molar-refractivity contribution in [1.29, 1.82) is 0 Å². The van der Waals surface area contributed by atoms with Crippen LogP contribution in [-0.2, 0) is 10.8 Å². The summed E-state index contributed by atoms with van der Waals surface area (Å²) in [6.07, 6.45) is 5.02. The molecule has 0 spiro atoms. The minimum Gasteiger partial charge on any atom is -0.254 e. The van der Waals surface area contributed by atoms with E-state index >= 15 is 0 Å². The zero-order valence-corrected chi connectivity index (χ0v) is 9.13. The number of benzene rings is 1. The van der Waals surface area contributed by atoms with E-state index in [0.717, 1.165) is 29.9 Å². The van der Waals surface area contributed by atoms with Crippen molar-refractivity contribution in [3.05, 3.63) is 43.0 Å². The standard InChI is InChI=1S/C12H16OS/c1-2-3-4-8-11-14(13)12-9-6-5-7-10-12/h2,5-7,9-10H,1,3-4,8,11H2. The molecule has 1 unspecified atom stereocenters. The van der Waals surface area contributed by atoms with Crippen molar-refractivity contribution in [2.45, 2.75) is 24.2 Å². The lowest BCUT2D eigenvalue weighted by Gasteiger charge is -2.00. The molecule has 1 rings (SSSR count). The summed E-state index contributed by atoms with van der Waals surface area (Å²) < 4.78 is 11.7. The molecular weight excluding hydrogens is 192 g/mol. The van der Waals surface area contributed by atoms with Crippen molar-refractivity contribution in [3.63, 3.8) is 0 Å². The van der Waals surface area contributed by atoms with E-state index in [4.69, 9.17) is 0 Å². The molecule has 0 radical (unpaired) electrons. The molecule has 0 aliphatic heterocycles. The summed E-state index contributed by atoms with van der Waals surface area (Å²) >= 11 is 0. The lowest BCUT2D eigenvalue weighted by molar-refractivity contribution is 0.678. The number of hydrogen-bond acceptors (Lipinski definition) is 1. The van der Waals surface area contributed by atoms with Crippen molar-refractivity contribution >= 4 is 10.8 Å². The third-order valence-electron chi connectivity index (χ3n) is 1.99. The van der Waals surface area contributed by atoms with Crippen LogP contribution in [0.4, 0.5) is 0 Å². The molecule has 0 N–H and O–H groups in total. The van der Waals surface area contributed by atoms with Gasteiger partial charge in [-0.3, -0.25) is 4.21 Å². The minimum atomic E-state index is -0.821. The van der Waals surface area contributed by atoms with Gasteiger partial charge in [-0.15, -0.1) is 6.58 Å². The predicted octanol–water partition coefficient (Wildman–Crippen LogP) is 3.15. The maximum absolute atomic E-state index is 11.7. The molecule has 0 saturated heterocycles. The smallest absolute Gasteiger partial charge is 0.0529 e. The largest absolute Gasteiger partial charge is 0.254 e. The summed E-state index contributed by atoms with van der Waals surface area (Å²) in [4.78, 5) is 0.936. The molecule has 0 heterocycles. The SMILES string of the molecule is C=CCCCCS(=O)c1ccccc1. The molecule has 0 aromatic heterocycles. The summed E-state index contributed by atoms with van der Waals surface area (Å²) in [5.74, 6) is 0.762. The first-order chi connectivity index (χ1) is 6.84. The van der Waals surface area contributed by atoms with Crippen molar-refractivity contribution in [2.24, 2.45) is 0 Å². The highest BCUT2D eigenvalue weighted by Crippen LogP contribution is 2.08. The average molecular weight is 208 g/mol. The van der Waals surface area contributed by atoms with Gasteiger partial charge in [0.1, 0.15) is 0 Å². The maximum atomic E-state index is 11.7. The van der Waals surface area contributed by atoms with Crippen molar-refractivity contribution < 1.29 is 4.21 Å². The summed E-state index contributed by atoms with van der Waals surface area (Å²) in [5.41, 5.74) is 0. The lowest BCUT2D eigenvalue weighted by atomic mass is 10.2. The Kier molecular flexibility index (Phi) is 5.23. The van der Waals surface area contributed by atoms with E-state index in [1.54, 1.807) is 0 Å². The van der Waals surface area contributed by atoms with Crippen LogP contribution in [-0.4, -0.2) is 9.96 Å². The van der Waals surface area contributed by atoms with E-state index in [0.29, 0.717) is 0 Å². The summed E-state index contributed by atoms with van der Waals surface area (Å²) in [6.45, 7) is 3.66. The molecule has 2 heteroatoms. The zero-order valence-electron chi connectivity index (χ0n) is 8.32. The molecule has 0 bridgehead atoms. The van der Waals surface area contributed by atoms with Gasteiger partial charge in [0.25, 0.3) is 0 Å². The number of hydrogen-bond donors (Lipinski definition) is 0. The van der Waals surface area contributed by atoms with E-state index in [9.17, 15) is 4.21 Å². The van der Waals surface area contributed by atoms with Gasteiger partial charge in [-0.25, -0.2) is 0 Å². The molecule has 14 heavy (non-hydrogen) atoms. The van der Waals surface area contributed by atoms with Crippen LogP contribution >= 0.6 is 0 Å². The van der Waals surface area contributed by atoms with Crippen LogP contribution in [0.15, 0.2) is 47.9 Å². The van der Waals surface area contributed by atoms with E-state index in [2.05, 4.69) is 6.58 Å². The molecule has 0 amide bonds. The van der Waals surface area contributed by atoms with Gasteiger partial charge in [0.2, 0.25) is 0 Å². The highest BCUT2D eigenvalue weighted by atomic mass is 32.2. The quantitative estimate of drug-likeness (QED) is 0.518. The van der Waals surface area contributed by atoms with Gasteiger partial charge in [0, 0.05) is 10.6 Å². The molecule has 0 fully saturated rings. The lowest BCUT2D eigenvalue weighted by Crippen LogP contribution is -1.97. The Morgan fingerprint density at radius 2 is 1.93 bits per heavy atom. The second-order valence-corrected chi connectivity index (χ2v) is 4.72. The van der Waals surface area contributed by atoms with Crippen LogP contribution in [0.3, 0.4) is 0 Å². The van der Waals surface area contributed by atoms with Gasteiger partial charge in [-0.1, -0.05) is 24.3 Å². The highest BCUT2D eigenvalue weighted by molar-refractivity contribution is 7.85. The molecule has 1 nitrogen and oxygen atoms in total. The van der Waals surface area contributed by atoms with Gasteiger partial charge >= 0.3 is 0 Å². The first-order valence-electron chi connectivity index (χ1n) is 4.89. The van der Waals surface area contributed by atoms with E-state index in [-0.39, 0.29) is 0 Å². The number of allylic oxidation sites excluding steroid dienone is 1. The molecule has 76 valence electrons. The van der Waals surface area contributed by atoms with E-state index in [1.165, 1.54) is 0 Å². The topological polar surface area (TPSA) is 17.1 Å². The Morgan fingerprint density at radius 1 is 1.21 bits per heavy atom. The fourth-order valence-electron chi connectivity index (χ4n) is 1.21. The van der Waals surface area contributed by atoms with Crippen LogP contribution in [0.1, 0.15) is 19.3 Å². The van der Waals surface area contributed by atoms with Gasteiger partial charge in [-0.05, 0) is 31.4 Å². The number of rotatable bonds is 6. The molecule has 0 aliphatic carbocycles. The third kappa shape index (κ3) is 3.88. The second kappa shape index (κ2) is 6.55. The van der Waals surface area contributed by atoms with Crippen LogP contribution in [0.5, 0.6) is 0 Å². The number of unbranched alkanes of at least 4 members (excludes halogenated alkanes) is 2. The van der Waals surface area contributed by atoms with Gasteiger partial charge in [0.05, 0.1) is 10.8 Å². The van der Waals surface area contributed by atoms with Crippen LogP contribution < -0.4 is 0 Å². The zero-order chi connectivity index (χ0) is 10.2. The molecule has 1 aromatic carbocycles. The van der Waals surface area contributed by atoms with Crippen LogP contribution in [0, 0.1) is 0 Å². The molecule has 0 saturated carbocycles. The predicted molar refractivity (Wildman–Crippen MR) is 61.8 cm³/mol. The molecular formula is C12H16OS. The Morgan fingerprint density at radius 3 is 2.57 bits per heavy atom. The van der Waals surface area contributed by atoms with Crippen molar-refractivity contribution in [2.75, 3.05) is 5.75 Å². The second-order valence-electron chi connectivity index (χ2n) is 3.15. The van der Waals surface area contributed by atoms with Gasteiger partial charge in [-0.2, -0.15) is 0 Å². The summed E-state index contributed by atoms with van der Waals surface area (Å²) in [7, 11) is -0.821. The average Bonchev–Trinajstić information content (AvgIpc) is 2.25. The minimum absolute atomic E-state index is 0.762. The van der Waals surface area contributed by atoms with Crippen LogP contribution in [0.25, 0.3) is 0 Å². The van der Waals surface area contributed by atoms with Crippen molar-refractivity contribution in [3.8, 4) is 0 Å². The van der Waals surface area contributed by atoms with Gasteiger partial charge in [0.15, 0.2) is 0 Å². The Labute approximate surface area is 88.3 Å². The highest BCUT2D eigenvalue weighted by Gasteiger charge is 2.01. The Hall–Kier alpha value is -0.890. The van der Waals surface area contributed by atoms with Gasteiger partial charge < -0.3 is 0 Å². The van der Waals surface area contributed by atoms with Crippen molar-refractivity contribution in [1.82, 2.24) is 0 Å². The molecule has 1 atom stereocenters. The van der Waals surface area contributed by atoms with E-state index < -0.39 is 10.8 Å². The van der Waals surface area contributed by atoms with E-state index in [1.807, 2.05) is 36.4 Å². The first kappa shape index (κ1) is 11.2. The fraction of sp³-hybridized carbons (Fsp3) is 0.333. The summed E-state index contributed by atoms with van der Waals surface area (Å²) in [5, 5.41) is 0. The molecule has 0 aliphatic rings. The monoisotopic (exact) mass is 208 g/mol. The Balaban J connectivity index is 2.32. The maximum Gasteiger partial charge on any atom is 0.0529 e. The first-order valence-corrected chi connectivity index (χ1v) is 6.21. The fourth-order valence-corrected chi connectivity index (χ4v) is 2.37. The van der Waals surface area contributed by atoms with Crippen LogP contribution in [0.2, 0.25) is 0 Å². The third-order valence-corrected chi connectivity index (χ3v) is 3.45. The normalized spacial score (nSPS) is 12.3. The summed E-state index contributed by atoms with van der Waals surface area (Å²) in [6, 6.07) is 9.64.